The molecule has 0 unspecified atom stereocenters. The Bertz CT molecular complexity index is 692. The second-order valence-electron chi connectivity index (χ2n) is 3.96. The Morgan fingerprint density at radius 2 is 1.70 bits per heavy atom. The zero-order valence-corrected chi connectivity index (χ0v) is 13.1. The molecule has 0 aliphatic rings. The first-order valence-electron chi connectivity index (χ1n) is 5.60. The van der Waals surface area contributed by atoms with Gasteiger partial charge in [-0.25, -0.2) is 0 Å². The maximum atomic E-state index is 12.1. The van der Waals surface area contributed by atoms with Crippen molar-refractivity contribution in [2.45, 2.75) is 0 Å². The molecule has 0 radical (unpaired) electrons. The van der Waals surface area contributed by atoms with Gasteiger partial charge in [0.1, 0.15) is 0 Å². The molecule has 0 aliphatic carbocycles. The van der Waals surface area contributed by atoms with Gasteiger partial charge in [0, 0.05) is 10.6 Å². The van der Waals surface area contributed by atoms with Gasteiger partial charge in [-0.3, -0.25) is 4.79 Å². The molecule has 0 heterocycles. The van der Waals surface area contributed by atoms with Gasteiger partial charge in [-0.1, -0.05) is 58.5 Å². The minimum Gasteiger partial charge on any atom is -0.289 e. The maximum absolute atomic E-state index is 12.1. The van der Waals surface area contributed by atoms with Gasteiger partial charge < -0.3 is 0 Å². The highest BCUT2D eigenvalue weighted by Crippen LogP contribution is 2.27. The zero-order valence-electron chi connectivity index (χ0n) is 10.0. The molecule has 102 valence electrons. The fourth-order valence-electron chi connectivity index (χ4n) is 1.59. The lowest BCUT2D eigenvalue weighted by molar-refractivity contribution is 0.104. The summed E-state index contributed by atoms with van der Waals surface area (Å²) in [6.45, 7) is 0. The summed E-state index contributed by atoms with van der Waals surface area (Å²) in [7, 11) is 0. The number of halogens is 4. The van der Waals surface area contributed by atoms with E-state index in [0.29, 0.717) is 31.2 Å². The Kier molecular flexibility index (Phi) is 5.11. The number of allylic oxidation sites excluding steroid dienone is 1. The predicted molar refractivity (Wildman–Crippen MR) is 86.3 cm³/mol. The predicted octanol–water partition coefficient (Wildman–Crippen LogP) is 6.20. The third kappa shape index (κ3) is 3.56. The summed E-state index contributed by atoms with van der Waals surface area (Å²) >= 11 is 23.7. The summed E-state index contributed by atoms with van der Waals surface area (Å²) < 4.78 is 0. The smallest absolute Gasteiger partial charge is 0.187 e. The largest absolute Gasteiger partial charge is 0.289 e. The van der Waals surface area contributed by atoms with Crippen LogP contribution in [0.2, 0.25) is 20.1 Å². The van der Waals surface area contributed by atoms with Gasteiger partial charge in [0.2, 0.25) is 0 Å². The third-order valence-corrected chi connectivity index (χ3v) is 3.97. The standard InChI is InChI=1S/C15H8Cl4O/c16-10-5-6-11(13(18)8-10)14(20)7-4-9-2-1-3-12(17)15(9)19/h1-8H/b7-4+. The minimum absolute atomic E-state index is 0.234. The number of benzene rings is 2. The number of carbonyl (C=O) groups excluding carboxylic acids is 1. The van der Waals surface area contributed by atoms with Crippen LogP contribution in [0, 0.1) is 0 Å². The SMILES string of the molecule is O=C(/C=C/c1cccc(Cl)c1Cl)c1ccc(Cl)cc1Cl. The monoisotopic (exact) mass is 344 g/mol. The van der Waals surface area contributed by atoms with E-state index in [1.54, 1.807) is 36.4 Å². The quantitative estimate of drug-likeness (QED) is 0.478. The molecule has 0 spiro atoms. The Labute approximate surface area is 136 Å². The fraction of sp³-hybridized carbons (Fsp3) is 0. The van der Waals surface area contributed by atoms with E-state index >= 15 is 0 Å². The summed E-state index contributed by atoms with van der Waals surface area (Å²) in [6, 6.07) is 9.92. The average molecular weight is 346 g/mol. The summed E-state index contributed by atoms with van der Waals surface area (Å²) in [5.74, 6) is -0.234. The first kappa shape index (κ1) is 15.4. The fourth-order valence-corrected chi connectivity index (χ4v) is 2.47. The molecule has 20 heavy (non-hydrogen) atoms. The summed E-state index contributed by atoms with van der Waals surface area (Å²) in [6.07, 6.45) is 2.99. The van der Waals surface area contributed by atoms with E-state index in [9.17, 15) is 4.79 Å². The third-order valence-electron chi connectivity index (χ3n) is 2.59. The molecular formula is C15H8Cl4O. The lowest BCUT2D eigenvalue weighted by Gasteiger charge is -2.02. The van der Waals surface area contributed by atoms with Crippen LogP contribution in [0.15, 0.2) is 42.5 Å². The molecule has 2 rings (SSSR count). The van der Waals surface area contributed by atoms with E-state index in [-0.39, 0.29) is 5.78 Å². The molecule has 2 aromatic rings. The van der Waals surface area contributed by atoms with Crippen molar-refractivity contribution in [1.82, 2.24) is 0 Å². The van der Waals surface area contributed by atoms with Crippen LogP contribution >= 0.6 is 46.4 Å². The average Bonchev–Trinajstić information content (AvgIpc) is 2.40. The Morgan fingerprint density at radius 3 is 2.40 bits per heavy atom. The van der Waals surface area contributed by atoms with Crippen LogP contribution < -0.4 is 0 Å². The van der Waals surface area contributed by atoms with Crippen LogP contribution in [0.1, 0.15) is 15.9 Å². The van der Waals surface area contributed by atoms with Crippen LogP contribution in [-0.4, -0.2) is 5.78 Å². The summed E-state index contributed by atoms with van der Waals surface area (Å²) in [5.41, 5.74) is 1.04. The molecule has 2 aromatic carbocycles. The first-order chi connectivity index (χ1) is 9.49. The second kappa shape index (κ2) is 6.64. The molecule has 0 aromatic heterocycles. The van der Waals surface area contributed by atoms with Crippen LogP contribution in [-0.2, 0) is 0 Å². The second-order valence-corrected chi connectivity index (χ2v) is 5.59. The maximum Gasteiger partial charge on any atom is 0.187 e. The van der Waals surface area contributed by atoms with Crippen molar-refractivity contribution in [3.05, 3.63) is 73.7 Å². The van der Waals surface area contributed by atoms with Gasteiger partial charge in [0.25, 0.3) is 0 Å². The van der Waals surface area contributed by atoms with Gasteiger partial charge in [-0.05, 0) is 42.0 Å². The Balaban J connectivity index is 2.27. The molecule has 0 amide bonds. The van der Waals surface area contributed by atoms with Gasteiger partial charge in [0.15, 0.2) is 5.78 Å². The van der Waals surface area contributed by atoms with E-state index in [2.05, 4.69) is 0 Å². The number of carbonyl (C=O) groups is 1. The van der Waals surface area contributed by atoms with Crippen molar-refractivity contribution in [1.29, 1.82) is 0 Å². The van der Waals surface area contributed by atoms with Crippen LogP contribution in [0.25, 0.3) is 6.08 Å². The van der Waals surface area contributed by atoms with E-state index in [4.69, 9.17) is 46.4 Å². The number of ketones is 1. The summed E-state index contributed by atoms with van der Waals surface area (Å²) in [5, 5.41) is 1.63. The van der Waals surface area contributed by atoms with Gasteiger partial charge in [-0.2, -0.15) is 0 Å². The van der Waals surface area contributed by atoms with Gasteiger partial charge in [-0.15, -0.1) is 0 Å². The highest BCUT2D eigenvalue weighted by Gasteiger charge is 2.08. The highest BCUT2D eigenvalue weighted by molar-refractivity contribution is 6.43. The van der Waals surface area contributed by atoms with Crippen molar-refractivity contribution in [3.63, 3.8) is 0 Å². The molecule has 0 fully saturated rings. The molecule has 0 saturated carbocycles. The van der Waals surface area contributed by atoms with Crippen molar-refractivity contribution >= 4 is 58.3 Å². The lowest BCUT2D eigenvalue weighted by Crippen LogP contribution is -1.95. The van der Waals surface area contributed by atoms with Crippen molar-refractivity contribution < 1.29 is 4.79 Å². The normalized spacial score (nSPS) is 11.0. The molecule has 0 N–H and O–H groups in total. The summed E-state index contributed by atoms with van der Waals surface area (Å²) in [4.78, 5) is 12.1. The van der Waals surface area contributed by atoms with Crippen molar-refractivity contribution in [3.8, 4) is 0 Å². The van der Waals surface area contributed by atoms with Crippen LogP contribution in [0.4, 0.5) is 0 Å². The molecule has 0 aliphatic heterocycles. The molecule has 1 nitrogen and oxygen atoms in total. The van der Waals surface area contributed by atoms with Crippen molar-refractivity contribution in [2.24, 2.45) is 0 Å². The molecule has 0 bridgehead atoms. The van der Waals surface area contributed by atoms with Gasteiger partial charge >= 0.3 is 0 Å². The Morgan fingerprint density at radius 1 is 0.950 bits per heavy atom. The van der Waals surface area contributed by atoms with E-state index in [0.717, 1.165) is 0 Å². The highest BCUT2D eigenvalue weighted by atomic mass is 35.5. The van der Waals surface area contributed by atoms with Crippen molar-refractivity contribution in [2.75, 3.05) is 0 Å². The van der Waals surface area contributed by atoms with Crippen LogP contribution in [0.5, 0.6) is 0 Å². The molecular weight excluding hydrogens is 338 g/mol. The minimum atomic E-state index is -0.234. The lowest BCUT2D eigenvalue weighted by atomic mass is 10.1. The zero-order chi connectivity index (χ0) is 14.7. The number of hydrogen-bond acceptors (Lipinski definition) is 1. The van der Waals surface area contributed by atoms with E-state index < -0.39 is 0 Å². The molecule has 0 saturated heterocycles. The van der Waals surface area contributed by atoms with Crippen LogP contribution in [0.3, 0.4) is 0 Å². The Hall–Kier alpha value is -0.990. The first-order valence-corrected chi connectivity index (χ1v) is 7.11. The van der Waals surface area contributed by atoms with E-state index in [1.807, 2.05) is 0 Å². The molecule has 0 atom stereocenters. The van der Waals surface area contributed by atoms with Gasteiger partial charge in [0.05, 0.1) is 15.1 Å². The number of hydrogen-bond donors (Lipinski definition) is 0. The van der Waals surface area contributed by atoms with E-state index in [1.165, 1.54) is 12.1 Å². The number of rotatable bonds is 3. The topological polar surface area (TPSA) is 17.1 Å². The molecule has 5 heteroatoms.